The molecule has 0 radical (unpaired) electrons. The second-order valence-corrected chi connectivity index (χ2v) is 7.97. The van der Waals surface area contributed by atoms with Gasteiger partial charge in [0.2, 0.25) is 5.91 Å². The van der Waals surface area contributed by atoms with E-state index in [-0.39, 0.29) is 10.1 Å². The van der Waals surface area contributed by atoms with Crippen LogP contribution < -0.4 is 10.0 Å². The van der Waals surface area contributed by atoms with Gasteiger partial charge < -0.3 is 5.32 Å². The number of benzene rings is 1. The maximum Gasteiger partial charge on any atom is 0.271 e. The van der Waals surface area contributed by atoms with Crippen LogP contribution in [0.2, 0.25) is 0 Å². The zero-order chi connectivity index (χ0) is 16.7. The third kappa shape index (κ3) is 5.37. The summed E-state index contributed by atoms with van der Waals surface area (Å²) in [7, 11) is -3.53. The molecule has 2 aromatic rings. The molecular weight excluding hydrogens is 332 g/mol. The van der Waals surface area contributed by atoms with Crippen LogP contribution in [0.3, 0.4) is 0 Å². The number of rotatable bonds is 8. The van der Waals surface area contributed by atoms with E-state index in [1.165, 1.54) is 11.3 Å². The standard InChI is InChI=1S/C16H20N2O3S2/c1-2-3-10-17-15(19)12-13-6-8-14(9-7-13)18-23(20,21)16-5-4-11-22-16/h4-9,11,18H,2-3,10,12H2,1H3,(H,17,19). The number of thiophene rings is 1. The predicted octanol–water partition coefficient (Wildman–Crippen LogP) is 3.01. The Bertz CT molecular complexity index is 723. The molecule has 1 amide bonds. The van der Waals surface area contributed by atoms with Crippen molar-refractivity contribution in [3.8, 4) is 0 Å². The summed E-state index contributed by atoms with van der Waals surface area (Å²) in [6.45, 7) is 2.76. The van der Waals surface area contributed by atoms with Gasteiger partial charge in [0.25, 0.3) is 10.0 Å². The molecule has 0 bridgehead atoms. The quantitative estimate of drug-likeness (QED) is 0.717. The van der Waals surface area contributed by atoms with Crippen molar-refractivity contribution in [2.24, 2.45) is 0 Å². The Kier molecular flexibility index (Phi) is 6.18. The third-order valence-corrected chi connectivity index (χ3v) is 5.96. The van der Waals surface area contributed by atoms with Crippen LogP contribution in [0.5, 0.6) is 0 Å². The minimum atomic E-state index is -3.53. The summed E-state index contributed by atoms with van der Waals surface area (Å²) in [5.41, 5.74) is 1.33. The fraction of sp³-hybridized carbons (Fsp3) is 0.312. The van der Waals surface area contributed by atoms with Crippen LogP contribution in [0.25, 0.3) is 0 Å². The average Bonchev–Trinajstić information content (AvgIpc) is 3.04. The minimum absolute atomic E-state index is 0.0228. The van der Waals surface area contributed by atoms with Crippen molar-refractivity contribution >= 4 is 33.0 Å². The number of sulfonamides is 1. The molecule has 0 fully saturated rings. The molecule has 1 aromatic carbocycles. The first-order chi connectivity index (χ1) is 11.0. The molecule has 23 heavy (non-hydrogen) atoms. The van der Waals surface area contributed by atoms with Crippen molar-refractivity contribution in [1.82, 2.24) is 5.32 Å². The smallest absolute Gasteiger partial charge is 0.271 e. The molecule has 0 aliphatic rings. The van der Waals surface area contributed by atoms with Crippen molar-refractivity contribution in [3.05, 3.63) is 47.3 Å². The first-order valence-corrected chi connectivity index (χ1v) is 9.79. The van der Waals surface area contributed by atoms with Crippen LogP contribution >= 0.6 is 11.3 Å². The normalized spacial score (nSPS) is 11.2. The van der Waals surface area contributed by atoms with Gasteiger partial charge in [-0.1, -0.05) is 31.5 Å². The van der Waals surface area contributed by atoms with E-state index in [1.807, 2.05) is 0 Å². The predicted molar refractivity (Wildman–Crippen MR) is 93.2 cm³/mol. The van der Waals surface area contributed by atoms with Crippen LogP contribution in [0, 0.1) is 0 Å². The molecule has 0 saturated heterocycles. The Morgan fingerprint density at radius 1 is 1.17 bits per heavy atom. The summed E-state index contributed by atoms with van der Waals surface area (Å²) in [6, 6.07) is 10.1. The number of hydrogen-bond donors (Lipinski definition) is 2. The molecule has 1 aromatic heterocycles. The lowest BCUT2D eigenvalue weighted by molar-refractivity contribution is -0.120. The number of nitrogens with one attached hydrogen (secondary N) is 2. The largest absolute Gasteiger partial charge is 0.356 e. The second-order valence-electron chi connectivity index (χ2n) is 5.11. The van der Waals surface area contributed by atoms with E-state index in [1.54, 1.807) is 41.8 Å². The molecule has 2 N–H and O–H groups in total. The topological polar surface area (TPSA) is 75.3 Å². The van der Waals surface area contributed by atoms with Gasteiger partial charge in [-0.05, 0) is 35.6 Å². The van der Waals surface area contributed by atoms with E-state index >= 15 is 0 Å². The van der Waals surface area contributed by atoms with E-state index in [9.17, 15) is 13.2 Å². The van der Waals surface area contributed by atoms with Crippen LogP contribution in [-0.4, -0.2) is 20.9 Å². The van der Waals surface area contributed by atoms with Gasteiger partial charge in [0.15, 0.2) is 0 Å². The van der Waals surface area contributed by atoms with Gasteiger partial charge in [-0.2, -0.15) is 0 Å². The lowest BCUT2D eigenvalue weighted by atomic mass is 10.1. The van der Waals surface area contributed by atoms with Gasteiger partial charge in [0.05, 0.1) is 6.42 Å². The minimum Gasteiger partial charge on any atom is -0.356 e. The van der Waals surface area contributed by atoms with Crippen molar-refractivity contribution in [3.63, 3.8) is 0 Å². The number of hydrogen-bond acceptors (Lipinski definition) is 4. The van der Waals surface area contributed by atoms with Gasteiger partial charge in [0, 0.05) is 12.2 Å². The van der Waals surface area contributed by atoms with Gasteiger partial charge in [-0.15, -0.1) is 11.3 Å². The molecule has 0 aliphatic carbocycles. The Balaban J connectivity index is 1.93. The zero-order valence-electron chi connectivity index (χ0n) is 12.9. The fourth-order valence-electron chi connectivity index (χ4n) is 1.96. The fourth-order valence-corrected chi connectivity index (χ4v) is 4.02. The first-order valence-electron chi connectivity index (χ1n) is 7.43. The van der Waals surface area contributed by atoms with Crippen molar-refractivity contribution < 1.29 is 13.2 Å². The highest BCUT2D eigenvalue weighted by molar-refractivity contribution is 7.94. The SMILES string of the molecule is CCCCNC(=O)Cc1ccc(NS(=O)(=O)c2cccs2)cc1. The Hall–Kier alpha value is -1.86. The molecule has 1 heterocycles. The number of carbonyl (C=O) groups is 1. The summed E-state index contributed by atoms with van der Waals surface area (Å²) >= 11 is 1.17. The van der Waals surface area contributed by atoms with Gasteiger partial charge >= 0.3 is 0 Å². The Morgan fingerprint density at radius 2 is 1.91 bits per heavy atom. The summed E-state index contributed by atoms with van der Waals surface area (Å²) in [5.74, 6) is -0.0228. The monoisotopic (exact) mass is 352 g/mol. The van der Waals surface area contributed by atoms with E-state index in [4.69, 9.17) is 0 Å². The zero-order valence-corrected chi connectivity index (χ0v) is 14.5. The molecule has 0 unspecified atom stereocenters. The lowest BCUT2D eigenvalue weighted by Gasteiger charge is -2.08. The van der Waals surface area contributed by atoms with E-state index in [2.05, 4.69) is 17.0 Å². The molecule has 2 rings (SSSR count). The molecule has 7 heteroatoms. The van der Waals surface area contributed by atoms with Crippen LogP contribution in [-0.2, 0) is 21.2 Å². The average molecular weight is 352 g/mol. The molecule has 124 valence electrons. The molecule has 0 saturated carbocycles. The highest BCUT2D eigenvalue weighted by atomic mass is 32.2. The van der Waals surface area contributed by atoms with E-state index < -0.39 is 10.0 Å². The summed E-state index contributed by atoms with van der Waals surface area (Å²) in [4.78, 5) is 11.7. The lowest BCUT2D eigenvalue weighted by Crippen LogP contribution is -2.25. The highest BCUT2D eigenvalue weighted by Crippen LogP contribution is 2.20. The van der Waals surface area contributed by atoms with Crippen LogP contribution in [0.1, 0.15) is 25.3 Å². The highest BCUT2D eigenvalue weighted by Gasteiger charge is 2.15. The van der Waals surface area contributed by atoms with Gasteiger partial charge in [0.1, 0.15) is 4.21 Å². The maximum absolute atomic E-state index is 12.1. The van der Waals surface area contributed by atoms with Crippen LogP contribution in [0.4, 0.5) is 5.69 Å². The summed E-state index contributed by atoms with van der Waals surface area (Å²) in [5, 5.41) is 4.57. The molecule has 5 nitrogen and oxygen atoms in total. The van der Waals surface area contributed by atoms with E-state index in [0.29, 0.717) is 18.7 Å². The first kappa shape index (κ1) is 17.5. The molecule has 0 aliphatic heterocycles. The van der Waals surface area contributed by atoms with Crippen molar-refractivity contribution in [2.45, 2.75) is 30.4 Å². The number of anilines is 1. The summed E-state index contributed by atoms with van der Waals surface area (Å²) in [6.07, 6.45) is 2.30. The number of carbonyl (C=O) groups excluding carboxylic acids is 1. The maximum atomic E-state index is 12.1. The van der Waals surface area contributed by atoms with Gasteiger partial charge in [-0.25, -0.2) is 8.42 Å². The third-order valence-electron chi connectivity index (χ3n) is 3.18. The molecular formula is C16H20N2O3S2. The van der Waals surface area contributed by atoms with Crippen LogP contribution in [0.15, 0.2) is 46.0 Å². The summed E-state index contributed by atoms with van der Waals surface area (Å²) < 4.78 is 27.0. The second kappa shape index (κ2) is 8.12. The molecule has 0 atom stereocenters. The number of amides is 1. The Morgan fingerprint density at radius 3 is 2.52 bits per heavy atom. The Labute approximate surface area is 140 Å². The molecule has 0 spiro atoms. The number of unbranched alkanes of at least 4 members (excludes halogenated alkanes) is 1. The van der Waals surface area contributed by atoms with E-state index in [0.717, 1.165) is 18.4 Å². The van der Waals surface area contributed by atoms with Gasteiger partial charge in [-0.3, -0.25) is 9.52 Å². The van der Waals surface area contributed by atoms with Crippen molar-refractivity contribution in [1.29, 1.82) is 0 Å². The van der Waals surface area contributed by atoms with Crippen molar-refractivity contribution in [2.75, 3.05) is 11.3 Å².